The van der Waals surface area contributed by atoms with Gasteiger partial charge in [0.2, 0.25) is 0 Å². The van der Waals surface area contributed by atoms with E-state index in [1.165, 1.54) is 16.8 Å². The second kappa shape index (κ2) is 8.19. The lowest BCUT2D eigenvalue weighted by atomic mass is 10.1. The zero-order valence-electron chi connectivity index (χ0n) is 15.1. The van der Waals surface area contributed by atoms with Crippen molar-refractivity contribution in [2.75, 3.05) is 31.1 Å². The summed E-state index contributed by atoms with van der Waals surface area (Å²) in [5, 5.41) is 4.10. The fourth-order valence-corrected chi connectivity index (χ4v) is 3.86. The largest absolute Gasteiger partial charge is 0.368 e. The number of rotatable bonds is 3. The molecule has 0 atom stereocenters. The van der Waals surface area contributed by atoms with Crippen LogP contribution in [-0.4, -0.2) is 37.1 Å². The molecule has 0 saturated carbocycles. The summed E-state index contributed by atoms with van der Waals surface area (Å²) < 4.78 is 0. The monoisotopic (exact) mass is 391 g/mol. The lowest BCUT2D eigenvalue weighted by molar-refractivity contribution is 0.194. The molecule has 138 valence electrons. The quantitative estimate of drug-likeness (QED) is 0.826. The number of hydrogen-bond donors (Lipinski definition) is 1. The van der Waals surface area contributed by atoms with Gasteiger partial charge in [0.25, 0.3) is 0 Å². The number of para-hydroxylation sites is 1. The van der Waals surface area contributed by atoms with Gasteiger partial charge in [0.15, 0.2) is 0 Å². The van der Waals surface area contributed by atoms with E-state index in [9.17, 15) is 4.79 Å². The molecule has 1 saturated heterocycles. The number of nitrogens with one attached hydrogen (secondary N) is 1. The molecule has 3 rings (SSSR count). The zero-order valence-corrected chi connectivity index (χ0v) is 16.6. The highest BCUT2D eigenvalue weighted by atomic mass is 35.5. The van der Waals surface area contributed by atoms with Gasteiger partial charge in [-0.1, -0.05) is 47.5 Å². The second-order valence-corrected chi connectivity index (χ2v) is 7.45. The number of benzene rings is 2. The summed E-state index contributed by atoms with van der Waals surface area (Å²) in [7, 11) is 0. The van der Waals surface area contributed by atoms with Crippen LogP contribution in [0.3, 0.4) is 0 Å². The number of amides is 2. The predicted molar refractivity (Wildman–Crippen MR) is 108 cm³/mol. The molecule has 0 bridgehead atoms. The highest BCUT2D eigenvalue weighted by molar-refractivity contribution is 6.35. The van der Waals surface area contributed by atoms with Gasteiger partial charge in [-0.25, -0.2) is 4.79 Å². The molecule has 1 aliphatic rings. The van der Waals surface area contributed by atoms with Crippen molar-refractivity contribution in [3.63, 3.8) is 0 Å². The van der Waals surface area contributed by atoms with Crippen molar-refractivity contribution < 1.29 is 4.79 Å². The average molecular weight is 392 g/mol. The van der Waals surface area contributed by atoms with E-state index < -0.39 is 0 Å². The summed E-state index contributed by atoms with van der Waals surface area (Å²) in [4.78, 5) is 16.7. The first kappa shape index (κ1) is 18.9. The van der Waals surface area contributed by atoms with Crippen LogP contribution in [0.1, 0.15) is 16.7 Å². The van der Waals surface area contributed by atoms with Crippen molar-refractivity contribution >= 4 is 34.9 Å². The molecular weight excluding hydrogens is 369 g/mol. The van der Waals surface area contributed by atoms with Gasteiger partial charge in [-0.3, -0.25) is 0 Å². The summed E-state index contributed by atoms with van der Waals surface area (Å²) in [5.41, 5.74) is 4.71. The summed E-state index contributed by atoms with van der Waals surface area (Å²) >= 11 is 12.1. The SMILES string of the molecule is Cc1cccc(C)c1N1CCN(C(=O)NCc2ccc(Cl)cc2Cl)CC1. The van der Waals surface area contributed by atoms with Crippen molar-refractivity contribution in [2.24, 2.45) is 0 Å². The molecule has 1 N–H and O–H groups in total. The van der Waals surface area contributed by atoms with E-state index in [1.54, 1.807) is 12.1 Å². The average Bonchev–Trinajstić information content (AvgIpc) is 2.61. The van der Waals surface area contributed by atoms with Gasteiger partial charge in [-0.2, -0.15) is 0 Å². The number of hydrogen-bond acceptors (Lipinski definition) is 2. The van der Waals surface area contributed by atoms with Crippen molar-refractivity contribution in [3.05, 3.63) is 63.1 Å². The van der Waals surface area contributed by atoms with E-state index in [0.717, 1.165) is 18.7 Å². The molecule has 0 aliphatic carbocycles. The van der Waals surface area contributed by atoms with Gasteiger partial charge < -0.3 is 15.1 Å². The third-order valence-corrected chi connectivity index (χ3v) is 5.35. The van der Waals surface area contributed by atoms with E-state index in [0.29, 0.717) is 29.7 Å². The minimum Gasteiger partial charge on any atom is -0.368 e. The van der Waals surface area contributed by atoms with Crippen molar-refractivity contribution in [3.8, 4) is 0 Å². The number of urea groups is 1. The van der Waals surface area contributed by atoms with Crippen molar-refractivity contribution in [1.82, 2.24) is 10.2 Å². The zero-order chi connectivity index (χ0) is 18.7. The summed E-state index contributed by atoms with van der Waals surface area (Å²) in [5.74, 6) is 0. The van der Waals surface area contributed by atoms with Gasteiger partial charge in [0.05, 0.1) is 0 Å². The number of piperazine rings is 1. The molecule has 6 heteroatoms. The predicted octanol–water partition coefficient (Wildman–Crippen LogP) is 4.64. The van der Waals surface area contributed by atoms with Gasteiger partial charge in [-0.15, -0.1) is 0 Å². The first-order valence-corrected chi connectivity index (χ1v) is 9.49. The highest BCUT2D eigenvalue weighted by Crippen LogP contribution is 2.25. The van der Waals surface area contributed by atoms with E-state index >= 15 is 0 Å². The molecule has 1 fully saturated rings. The fraction of sp³-hybridized carbons (Fsp3) is 0.350. The second-order valence-electron chi connectivity index (χ2n) is 6.61. The molecule has 4 nitrogen and oxygen atoms in total. The Labute approximate surface area is 164 Å². The first-order valence-electron chi connectivity index (χ1n) is 8.73. The van der Waals surface area contributed by atoms with Crippen LogP contribution in [0.2, 0.25) is 10.0 Å². The summed E-state index contributed by atoms with van der Waals surface area (Å²) in [6, 6.07) is 11.6. The molecule has 1 heterocycles. The van der Waals surface area contributed by atoms with Crippen LogP contribution in [0.4, 0.5) is 10.5 Å². The minimum atomic E-state index is -0.0582. The molecule has 2 aromatic rings. The number of aryl methyl sites for hydroxylation is 2. The number of nitrogens with zero attached hydrogens (tertiary/aromatic N) is 2. The Morgan fingerprint density at radius 3 is 2.31 bits per heavy atom. The third-order valence-electron chi connectivity index (χ3n) is 4.77. The number of carbonyl (C=O) groups is 1. The highest BCUT2D eigenvalue weighted by Gasteiger charge is 2.22. The Morgan fingerprint density at radius 1 is 1.04 bits per heavy atom. The van der Waals surface area contributed by atoms with Crippen LogP contribution < -0.4 is 10.2 Å². The van der Waals surface area contributed by atoms with Gasteiger partial charge in [0, 0.05) is 48.5 Å². The maximum atomic E-state index is 12.5. The summed E-state index contributed by atoms with van der Waals surface area (Å²) in [6.45, 7) is 7.74. The lowest BCUT2D eigenvalue weighted by Gasteiger charge is -2.37. The molecule has 2 amide bonds. The molecule has 0 radical (unpaired) electrons. The molecular formula is C20H23Cl2N3O. The Bertz CT molecular complexity index is 781. The third kappa shape index (κ3) is 4.25. The van der Waals surface area contributed by atoms with Crippen LogP contribution in [0.5, 0.6) is 0 Å². The Balaban J connectivity index is 1.55. The van der Waals surface area contributed by atoms with Gasteiger partial charge in [-0.05, 0) is 42.7 Å². The van der Waals surface area contributed by atoms with Crippen LogP contribution in [-0.2, 0) is 6.54 Å². The molecule has 26 heavy (non-hydrogen) atoms. The van der Waals surface area contributed by atoms with Crippen molar-refractivity contribution in [1.29, 1.82) is 0 Å². The van der Waals surface area contributed by atoms with Gasteiger partial charge >= 0.3 is 6.03 Å². The molecule has 1 aliphatic heterocycles. The molecule has 0 spiro atoms. The van der Waals surface area contributed by atoms with E-state index in [4.69, 9.17) is 23.2 Å². The van der Waals surface area contributed by atoms with Crippen LogP contribution >= 0.6 is 23.2 Å². The fourth-order valence-electron chi connectivity index (χ4n) is 3.39. The number of anilines is 1. The standard InChI is InChI=1S/C20H23Cl2N3O/c1-14-4-3-5-15(2)19(14)24-8-10-25(11-9-24)20(26)23-13-16-6-7-17(21)12-18(16)22/h3-7,12H,8-11,13H2,1-2H3,(H,23,26). The topological polar surface area (TPSA) is 35.6 Å². The smallest absolute Gasteiger partial charge is 0.317 e. The van der Waals surface area contributed by atoms with Crippen LogP contribution in [0.15, 0.2) is 36.4 Å². The normalized spacial score (nSPS) is 14.5. The van der Waals surface area contributed by atoms with E-state index in [-0.39, 0.29) is 6.03 Å². The van der Waals surface area contributed by atoms with Crippen LogP contribution in [0.25, 0.3) is 0 Å². The minimum absolute atomic E-state index is 0.0582. The number of halogens is 2. The Hall–Kier alpha value is -1.91. The lowest BCUT2D eigenvalue weighted by Crippen LogP contribution is -2.52. The van der Waals surface area contributed by atoms with E-state index in [2.05, 4.69) is 42.3 Å². The van der Waals surface area contributed by atoms with Gasteiger partial charge in [0.1, 0.15) is 0 Å². The maximum Gasteiger partial charge on any atom is 0.317 e. The molecule has 2 aromatic carbocycles. The Kier molecular flexibility index (Phi) is 5.94. The first-order chi connectivity index (χ1) is 12.5. The summed E-state index contributed by atoms with van der Waals surface area (Å²) in [6.07, 6.45) is 0. The Morgan fingerprint density at radius 2 is 1.69 bits per heavy atom. The molecule has 0 unspecified atom stereocenters. The van der Waals surface area contributed by atoms with Crippen molar-refractivity contribution in [2.45, 2.75) is 20.4 Å². The van der Waals surface area contributed by atoms with Crippen LogP contribution in [0, 0.1) is 13.8 Å². The molecule has 0 aromatic heterocycles. The number of carbonyl (C=O) groups excluding carboxylic acids is 1. The van der Waals surface area contributed by atoms with E-state index in [1.807, 2.05) is 11.0 Å². The maximum absolute atomic E-state index is 12.5.